The molecule has 0 bridgehead atoms. The van der Waals surface area contributed by atoms with Crippen LogP contribution in [-0.2, 0) is 0 Å². The molecule has 0 amide bonds. The Morgan fingerprint density at radius 2 is 1.93 bits per heavy atom. The number of benzene rings is 1. The lowest BCUT2D eigenvalue weighted by molar-refractivity contribution is 0.197. The van der Waals surface area contributed by atoms with Crippen molar-refractivity contribution in [3.8, 4) is 5.75 Å². The van der Waals surface area contributed by atoms with E-state index in [4.69, 9.17) is 4.74 Å². The van der Waals surface area contributed by atoms with Gasteiger partial charge in [-0.25, -0.2) is 4.39 Å². The molecular formula is C11H15FO2. The van der Waals surface area contributed by atoms with Gasteiger partial charge in [0.2, 0.25) is 0 Å². The molecule has 14 heavy (non-hydrogen) atoms. The quantitative estimate of drug-likeness (QED) is 0.791. The summed E-state index contributed by atoms with van der Waals surface area (Å²) in [5.74, 6) is 0.171. The Kier molecular flexibility index (Phi) is 3.11. The van der Waals surface area contributed by atoms with Crippen LogP contribution in [0.5, 0.6) is 5.75 Å². The van der Waals surface area contributed by atoms with Gasteiger partial charge in [-0.15, -0.1) is 0 Å². The van der Waals surface area contributed by atoms with Crippen LogP contribution in [0.4, 0.5) is 4.39 Å². The summed E-state index contributed by atoms with van der Waals surface area (Å²) in [4.78, 5) is 0. The molecule has 1 N–H and O–H groups in total. The predicted molar refractivity (Wildman–Crippen MR) is 53.1 cm³/mol. The molecule has 2 nitrogen and oxygen atoms in total. The molecule has 0 aliphatic rings. The van der Waals surface area contributed by atoms with E-state index < -0.39 is 6.10 Å². The zero-order chi connectivity index (χ0) is 10.9. The van der Waals surface area contributed by atoms with Gasteiger partial charge in [0.05, 0.1) is 13.2 Å². The Morgan fingerprint density at radius 3 is 2.36 bits per heavy atom. The summed E-state index contributed by atoms with van der Waals surface area (Å²) in [6.45, 7) is 5.08. The lowest BCUT2D eigenvalue weighted by atomic mass is 10.00. The number of aliphatic hydroxyl groups is 1. The van der Waals surface area contributed by atoms with Gasteiger partial charge in [0.1, 0.15) is 11.6 Å². The number of hydrogen-bond donors (Lipinski definition) is 1. The molecule has 0 spiro atoms. The van der Waals surface area contributed by atoms with Crippen molar-refractivity contribution in [2.75, 3.05) is 7.11 Å². The molecule has 0 saturated carbocycles. The van der Waals surface area contributed by atoms with Gasteiger partial charge in [-0.1, -0.05) is 0 Å². The van der Waals surface area contributed by atoms with E-state index in [1.54, 1.807) is 13.8 Å². The second kappa shape index (κ2) is 3.96. The van der Waals surface area contributed by atoms with Crippen LogP contribution in [0.2, 0.25) is 0 Å². The molecular weight excluding hydrogens is 183 g/mol. The van der Waals surface area contributed by atoms with E-state index in [1.165, 1.54) is 13.2 Å². The van der Waals surface area contributed by atoms with Gasteiger partial charge in [-0.2, -0.15) is 0 Å². The summed E-state index contributed by atoms with van der Waals surface area (Å²) < 4.78 is 18.5. The highest BCUT2D eigenvalue weighted by Crippen LogP contribution is 2.31. The number of rotatable bonds is 2. The van der Waals surface area contributed by atoms with Crippen LogP contribution < -0.4 is 4.74 Å². The standard InChI is InChI=1S/C11H15FO2/c1-6-9(8(3)13)5-10(12)7(2)11(6)14-4/h5,8,13H,1-4H3. The Hall–Kier alpha value is -1.09. The summed E-state index contributed by atoms with van der Waals surface area (Å²) in [6.07, 6.45) is -0.681. The van der Waals surface area contributed by atoms with E-state index in [1.807, 2.05) is 6.92 Å². The van der Waals surface area contributed by atoms with Gasteiger partial charge in [0.25, 0.3) is 0 Å². The summed E-state index contributed by atoms with van der Waals surface area (Å²) in [5.41, 5.74) is 1.85. The fourth-order valence-corrected chi connectivity index (χ4v) is 1.61. The van der Waals surface area contributed by atoms with Crippen LogP contribution in [0.1, 0.15) is 29.7 Å². The molecule has 0 saturated heterocycles. The molecule has 78 valence electrons. The highest BCUT2D eigenvalue weighted by Gasteiger charge is 2.15. The topological polar surface area (TPSA) is 29.5 Å². The molecule has 1 aromatic carbocycles. The molecule has 1 atom stereocenters. The number of halogens is 1. The van der Waals surface area contributed by atoms with Crippen molar-refractivity contribution in [2.45, 2.75) is 26.9 Å². The zero-order valence-corrected chi connectivity index (χ0v) is 8.89. The zero-order valence-electron chi connectivity index (χ0n) is 8.89. The van der Waals surface area contributed by atoms with Crippen LogP contribution in [0, 0.1) is 19.7 Å². The maximum absolute atomic E-state index is 13.4. The smallest absolute Gasteiger partial charge is 0.130 e. The first-order chi connectivity index (χ1) is 6.49. The first kappa shape index (κ1) is 11.0. The summed E-state index contributed by atoms with van der Waals surface area (Å²) in [6, 6.07) is 1.36. The lowest BCUT2D eigenvalue weighted by Crippen LogP contribution is -2.02. The fraction of sp³-hybridized carbons (Fsp3) is 0.455. The van der Waals surface area contributed by atoms with E-state index in [9.17, 15) is 9.50 Å². The van der Waals surface area contributed by atoms with Crippen LogP contribution in [0.15, 0.2) is 6.07 Å². The van der Waals surface area contributed by atoms with Gasteiger partial charge in [-0.05, 0) is 38.0 Å². The minimum atomic E-state index is -0.681. The maximum Gasteiger partial charge on any atom is 0.130 e. The summed E-state index contributed by atoms with van der Waals surface area (Å²) >= 11 is 0. The molecule has 0 heterocycles. The highest BCUT2D eigenvalue weighted by molar-refractivity contribution is 5.46. The molecule has 1 unspecified atom stereocenters. The Bertz CT molecular complexity index is 346. The van der Waals surface area contributed by atoms with Crippen molar-refractivity contribution in [2.24, 2.45) is 0 Å². The molecule has 0 aromatic heterocycles. The minimum absolute atomic E-state index is 0.344. The Balaban J connectivity index is 3.42. The number of ether oxygens (including phenoxy) is 1. The number of methoxy groups -OCH3 is 1. The van der Waals surface area contributed by atoms with Gasteiger partial charge < -0.3 is 9.84 Å². The van der Waals surface area contributed by atoms with Gasteiger partial charge >= 0.3 is 0 Å². The van der Waals surface area contributed by atoms with Gasteiger partial charge in [0, 0.05) is 5.56 Å². The average Bonchev–Trinajstić information content (AvgIpc) is 2.12. The van der Waals surface area contributed by atoms with E-state index >= 15 is 0 Å². The summed E-state index contributed by atoms with van der Waals surface area (Å²) in [5, 5.41) is 9.42. The third-order valence-electron chi connectivity index (χ3n) is 2.41. The van der Waals surface area contributed by atoms with E-state index in [-0.39, 0.29) is 5.82 Å². The molecule has 0 radical (unpaired) electrons. The number of aliphatic hydroxyl groups excluding tert-OH is 1. The first-order valence-electron chi connectivity index (χ1n) is 4.50. The Morgan fingerprint density at radius 1 is 1.36 bits per heavy atom. The molecule has 0 aliphatic carbocycles. The van der Waals surface area contributed by atoms with Crippen LogP contribution >= 0.6 is 0 Å². The molecule has 1 rings (SSSR count). The van der Waals surface area contributed by atoms with Crippen molar-refractivity contribution in [3.05, 3.63) is 28.6 Å². The molecule has 0 fully saturated rings. The SMILES string of the molecule is COc1c(C)c(F)cc(C(C)O)c1C. The van der Waals surface area contributed by atoms with E-state index in [2.05, 4.69) is 0 Å². The van der Waals surface area contributed by atoms with Crippen molar-refractivity contribution in [1.29, 1.82) is 0 Å². The van der Waals surface area contributed by atoms with Gasteiger partial charge in [-0.3, -0.25) is 0 Å². The van der Waals surface area contributed by atoms with Crippen LogP contribution in [-0.4, -0.2) is 12.2 Å². The molecule has 0 aliphatic heterocycles. The van der Waals surface area contributed by atoms with Crippen LogP contribution in [0.25, 0.3) is 0 Å². The lowest BCUT2D eigenvalue weighted by Gasteiger charge is -2.15. The van der Waals surface area contributed by atoms with Crippen molar-refractivity contribution >= 4 is 0 Å². The largest absolute Gasteiger partial charge is 0.496 e. The second-order valence-electron chi connectivity index (χ2n) is 3.41. The normalized spacial score (nSPS) is 12.7. The monoisotopic (exact) mass is 198 g/mol. The number of hydrogen-bond acceptors (Lipinski definition) is 2. The van der Waals surface area contributed by atoms with Crippen molar-refractivity contribution in [1.82, 2.24) is 0 Å². The van der Waals surface area contributed by atoms with E-state index in [0.29, 0.717) is 16.9 Å². The first-order valence-corrected chi connectivity index (χ1v) is 4.50. The second-order valence-corrected chi connectivity index (χ2v) is 3.41. The van der Waals surface area contributed by atoms with Crippen molar-refractivity contribution < 1.29 is 14.2 Å². The van der Waals surface area contributed by atoms with Crippen LogP contribution in [0.3, 0.4) is 0 Å². The highest BCUT2D eigenvalue weighted by atomic mass is 19.1. The Labute approximate surface area is 83.3 Å². The average molecular weight is 198 g/mol. The van der Waals surface area contributed by atoms with E-state index in [0.717, 1.165) is 5.56 Å². The third kappa shape index (κ3) is 1.73. The van der Waals surface area contributed by atoms with Crippen molar-refractivity contribution in [3.63, 3.8) is 0 Å². The minimum Gasteiger partial charge on any atom is -0.496 e. The third-order valence-corrected chi connectivity index (χ3v) is 2.41. The molecule has 3 heteroatoms. The predicted octanol–water partition coefficient (Wildman–Crippen LogP) is 2.50. The summed E-state index contributed by atoms with van der Waals surface area (Å²) in [7, 11) is 1.50. The van der Waals surface area contributed by atoms with Gasteiger partial charge in [0.15, 0.2) is 0 Å². The maximum atomic E-state index is 13.4. The fourth-order valence-electron chi connectivity index (χ4n) is 1.61. The molecule has 1 aromatic rings.